The van der Waals surface area contributed by atoms with Gasteiger partial charge in [0, 0.05) is 30.9 Å². The Morgan fingerprint density at radius 1 is 0.892 bits per heavy atom. The fourth-order valence-electron chi connectivity index (χ4n) is 3.98. The van der Waals surface area contributed by atoms with Gasteiger partial charge in [-0.2, -0.15) is 13.2 Å². The number of hydrogen-bond acceptors (Lipinski definition) is 5. The Kier molecular flexibility index (Phi) is 9.29. The van der Waals surface area contributed by atoms with Crippen molar-refractivity contribution in [1.29, 1.82) is 0 Å². The normalized spacial score (nSPS) is 12.2. The Morgan fingerprint density at radius 3 is 2.08 bits per heavy atom. The van der Waals surface area contributed by atoms with Gasteiger partial charge in [-0.05, 0) is 54.1 Å². The van der Waals surface area contributed by atoms with E-state index in [0.29, 0.717) is 40.5 Å². The van der Waals surface area contributed by atoms with Crippen molar-refractivity contribution in [2.24, 2.45) is 0 Å². The van der Waals surface area contributed by atoms with Crippen LogP contribution in [0.2, 0.25) is 0 Å². The number of anilines is 1. The molecule has 0 N–H and O–H groups in total. The molecule has 3 aromatic rings. The molecule has 10 heteroatoms. The van der Waals surface area contributed by atoms with Gasteiger partial charge in [0.05, 0.1) is 26.9 Å². The maximum absolute atomic E-state index is 14.0. The molecule has 0 bridgehead atoms. The topological polar surface area (TPSA) is 51.2 Å². The average molecular weight is 537 g/mol. The van der Waals surface area contributed by atoms with Gasteiger partial charge in [-0.25, -0.2) is 4.42 Å². The van der Waals surface area contributed by atoms with Crippen molar-refractivity contribution in [2.75, 3.05) is 39.8 Å². The minimum absolute atomic E-state index is 0.163. The summed E-state index contributed by atoms with van der Waals surface area (Å²) in [6, 6.07) is 16.1. The third-order valence-electron chi connectivity index (χ3n) is 5.87. The van der Waals surface area contributed by atoms with Gasteiger partial charge in [-0.1, -0.05) is 30.3 Å². The molecule has 1 amide bonds. The van der Waals surface area contributed by atoms with E-state index in [1.165, 1.54) is 42.8 Å². The van der Waals surface area contributed by atoms with E-state index in [4.69, 9.17) is 26.0 Å². The number of hydrogen-bond donors (Lipinski definition) is 0. The summed E-state index contributed by atoms with van der Waals surface area (Å²) in [7, 11) is 6.07. The molecule has 37 heavy (non-hydrogen) atoms. The summed E-state index contributed by atoms with van der Waals surface area (Å²) in [5, 5.41) is 0. The number of amides is 1. The van der Waals surface area contributed by atoms with Crippen LogP contribution >= 0.6 is 11.8 Å². The predicted molar refractivity (Wildman–Crippen MR) is 136 cm³/mol. The summed E-state index contributed by atoms with van der Waals surface area (Å²) in [4.78, 5) is 15.6. The Labute approximate surface area is 219 Å². The largest absolute Gasteiger partial charge is 0.496 e. The van der Waals surface area contributed by atoms with E-state index >= 15 is 0 Å². The number of carbonyl (C=O) groups is 1. The number of ether oxygens (including phenoxy) is 3. The van der Waals surface area contributed by atoms with E-state index in [1.807, 2.05) is 0 Å². The van der Waals surface area contributed by atoms with Gasteiger partial charge < -0.3 is 19.1 Å². The lowest BCUT2D eigenvalue weighted by atomic mass is 10.0. The number of alkyl halides is 3. The third-order valence-corrected chi connectivity index (χ3v) is 6.07. The first-order valence-electron chi connectivity index (χ1n) is 11.3. The van der Waals surface area contributed by atoms with Gasteiger partial charge >= 0.3 is 6.18 Å². The number of nitrogens with zero attached hydrogens (tertiary/aromatic N) is 2. The van der Waals surface area contributed by atoms with Crippen LogP contribution < -0.4 is 19.1 Å². The molecule has 0 radical (unpaired) electrons. The monoisotopic (exact) mass is 536 g/mol. The number of benzene rings is 3. The number of para-hydroxylation sites is 1. The van der Waals surface area contributed by atoms with Crippen LogP contribution in [0, 0.1) is 0 Å². The molecule has 6 nitrogen and oxygen atoms in total. The summed E-state index contributed by atoms with van der Waals surface area (Å²) in [5.41, 5.74) is 0.976. The summed E-state index contributed by atoms with van der Waals surface area (Å²) in [6.07, 6.45) is -4.13. The highest BCUT2D eigenvalue weighted by molar-refractivity contribution is 6.15. The molecule has 0 saturated carbocycles. The number of methoxy groups -OCH3 is 3. The lowest BCUT2D eigenvalue weighted by Gasteiger charge is -2.31. The molecule has 0 aromatic heterocycles. The van der Waals surface area contributed by atoms with Gasteiger partial charge in [0.2, 0.25) is 5.91 Å². The van der Waals surface area contributed by atoms with Crippen molar-refractivity contribution >= 4 is 23.4 Å². The van der Waals surface area contributed by atoms with Gasteiger partial charge in [0.25, 0.3) is 0 Å². The summed E-state index contributed by atoms with van der Waals surface area (Å²) >= 11 is 6.40. The van der Waals surface area contributed by atoms with Crippen LogP contribution in [0.1, 0.15) is 22.7 Å². The lowest BCUT2D eigenvalue weighted by molar-refractivity contribution is -0.137. The Balaban J connectivity index is 2.01. The third kappa shape index (κ3) is 6.67. The van der Waals surface area contributed by atoms with Crippen LogP contribution in [-0.4, -0.2) is 45.2 Å². The number of halogens is 4. The molecule has 1 atom stereocenters. The quantitative estimate of drug-likeness (QED) is 0.292. The van der Waals surface area contributed by atoms with Gasteiger partial charge in [0.15, 0.2) is 11.5 Å². The van der Waals surface area contributed by atoms with Crippen molar-refractivity contribution in [1.82, 2.24) is 4.42 Å². The van der Waals surface area contributed by atoms with Crippen LogP contribution in [0.4, 0.5) is 18.9 Å². The highest BCUT2D eigenvalue weighted by Gasteiger charge is 2.33. The SMILES string of the molecule is COc1ccc(N(CCc2ccc(C(F)(F)F)cc2)C(=O)[C@H](c2ccccc2OC)N(C)Cl)cc1OC. The number of likely N-dealkylation sites (N-methyl/N-ethyl adjacent to an activating group) is 1. The fourth-order valence-corrected chi connectivity index (χ4v) is 4.17. The van der Waals surface area contributed by atoms with Gasteiger partial charge in [-0.15, -0.1) is 0 Å². The second-order valence-corrected chi connectivity index (χ2v) is 8.68. The fraction of sp³-hybridized carbons (Fsp3) is 0.296. The molecule has 3 rings (SSSR count). The molecular weight excluding hydrogens is 509 g/mol. The second-order valence-electron chi connectivity index (χ2n) is 8.14. The van der Waals surface area contributed by atoms with E-state index in [2.05, 4.69) is 0 Å². The summed E-state index contributed by atoms with van der Waals surface area (Å²) < 4.78 is 56.4. The van der Waals surface area contributed by atoms with Crippen molar-refractivity contribution in [3.05, 3.63) is 83.4 Å². The van der Waals surface area contributed by atoms with Crippen molar-refractivity contribution < 1.29 is 32.2 Å². The molecule has 0 aliphatic rings. The van der Waals surface area contributed by atoms with E-state index in [9.17, 15) is 18.0 Å². The summed E-state index contributed by atoms with van der Waals surface area (Å²) in [6.45, 7) is 0.163. The molecule has 0 aliphatic heterocycles. The number of carbonyl (C=O) groups excluding carboxylic acids is 1. The van der Waals surface area contributed by atoms with E-state index in [-0.39, 0.29) is 12.5 Å². The zero-order valence-electron chi connectivity index (χ0n) is 20.9. The Morgan fingerprint density at radius 2 is 1.51 bits per heavy atom. The first-order valence-corrected chi connectivity index (χ1v) is 11.7. The van der Waals surface area contributed by atoms with Crippen molar-refractivity contribution in [3.63, 3.8) is 0 Å². The van der Waals surface area contributed by atoms with Crippen molar-refractivity contribution in [2.45, 2.75) is 18.6 Å². The Bertz CT molecular complexity index is 1200. The number of rotatable bonds is 10. The minimum atomic E-state index is -4.42. The molecule has 0 spiro atoms. The van der Waals surface area contributed by atoms with E-state index < -0.39 is 17.8 Å². The first-order chi connectivity index (χ1) is 17.6. The molecule has 0 fully saturated rings. The van der Waals surface area contributed by atoms with Crippen LogP contribution in [0.3, 0.4) is 0 Å². The zero-order chi connectivity index (χ0) is 27.2. The van der Waals surface area contributed by atoms with Crippen LogP contribution in [0.15, 0.2) is 66.7 Å². The maximum atomic E-state index is 14.0. The van der Waals surface area contributed by atoms with Crippen LogP contribution in [0.5, 0.6) is 17.2 Å². The predicted octanol–water partition coefficient (Wildman–Crippen LogP) is 6.13. The van der Waals surface area contributed by atoms with Gasteiger partial charge in [0.1, 0.15) is 11.8 Å². The molecular formula is C27H28ClF3N2O4. The molecule has 0 saturated heterocycles. The lowest BCUT2D eigenvalue weighted by Crippen LogP contribution is -2.40. The van der Waals surface area contributed by atoms with Crippen molar-refractivity contribution in [3.8, 4) is 17.2 Å². The highest BCUT2D eigenvalue weighted by Crippen LogP contribution is 2.36. The Hall–Kier alpha value is -3.43. The van der Waals surface area contributed by atoms with E-state index in [0.717, 1.165) is 12.1 Å². The zero-order valence-corrected chi connectivity index (χ0v) is 21.6. The average Bonchev–Trinajstić information content (AvgIpc) is 2.88. The van der Waals surface area contributed by atoms with E-state index in [1.54, 1.807) is 49.5 Å². The molecule has 3 aromatic carbocycles. The molecule has 0 aliphatic carbocycles. The highest BCUT2D eigenvalue weighted by atomic mass is 35.5. The molecule has 0 heterocycles. The summed E-state index contributed by atoms with van der Waals surface area (Å²) in [5.74, 6) is 1.03. The molecule has 0 unspecified atom stereocenters. The smallest absolute Gasteiger partial charge is 0.416 e. The van der Waals surface area contributed by atoms with Crippen LogP contribution in [0.25, 0.3) is 0 Å². The van der Waals surface area contributed by atoms with Gasteiger partial charge in [-0.3, -0.25) is 4.79 Å². The second kappa shape index (κ2) is 12.2. The standard InChI is InChI=1S/C27H28ClF3N2O4/c1-32(28)25(21-7-5-6-8-22(21)35-2)26(34)33(20-13-14-23(36-3)24(17-20)37-4)16-15-18-9-11-19(12-10-18)27(29,30)31/h5-14,17,25H,15-16H2,1-4H3/t25-/m0/s1. The van der Waals surface area contributed by atoms with Crippen LogP contribution in [-0.2, 0) is 17.4 Å². The first kappa shape index (κ1) is 28.1. The minimum Gasteiger partial charge on any atom is -0.496 e. The molecule has 198 valence electrons. The maximum Gasteiger partial charge on any atom is 0.416 e.